The van der Waals surface area contributed by atoms with E-state index in [1.807, 2.05) is 13.8 Å². The van der Waals surface area contributed by atoms with E-state index >= 15 is 0 Å². The predicted octanol–water partition coefficient (Wildman–Crippen LogP) is 0.312. The van der Waals surface area contributed by atoms with Gasteiger partial charge >= 0.3 is 5.97 Å². The molecular formula is C10H15NO4. The number of nitrogens with one attached hydrogen (secondary N) is 1. The Balaban J connectivity index is 2.61. The first-order valence-electron chi connectivity index (χ1n) is 4.80. The summed E-state index contributed by atoms with van der Waals surface area (Å²) in [5.74, 6) is -1.43. The minimum Gasteiger partial charge on any atom is -0.479 e. The van der Waals surface area contributed by atoms with Gasteiger partial charge in [-0.2, -0.15) is 0 Å². The summed E-state index contributed by atoms with van der Waals surface area (Å²) in [6, 6.07) is 0. The number of carboxylic acids is 1. The molecule has 0 aliphatic carbocycles. The number of hydrogen-bond donors (Lipinski definition) is 2. The number of rotatable bonds is 4. The van der Waals surface area contributed by atoms with Crippen molar-refractivity contribution in [2.75, 3.05) is 13.2 Å². The number of amides is 1. The smallest absolute Gasteiger partial charge is 0.334 e. The van der Waals surface area contributed by atoms with Crippen molar-refractivity contribution in [1.82, 2.24) is 5.32 Å². The number of allylic oxidation sites excluding steroid dienone is 1. The van der Waals surface area contributed by atoms with Crippen molar-refractivity contribution in [3.8, 4) is 0 Å². The average molecular weight is 213 g/mol. The fraction of sp³-hybridized carbons (Fsp3) is 0.600. The van der Waals surface area contributed by atoms with Crippen molar-refractivity contribution >= 4 is 11.9 Å². The zero-order valence-corrected chi connectivity index (χ0v) is 8.87. The molecule has 1 fully saturated rings. The Hall–Kier alpha value is -1.36. The molecule has 84 valence electrons. The highest BCUT2D eigenvalue weighted by Crippen LogP contribution is 2.17. The first-order chi connectivity index (χ1) is 7.00. The summed E-state index contributed by atoms with van der Waals surface area (Å²) in [5, 5.41) is 11.4. The lowest BCUT2D eigenvalue weighted by molar-refractivity contribution is -0.168. The fourth-order valence-corrected chi connectivity index (χ4v) is 1.15. The minimum absolute atomic E-state index is 0.0348. The summed E-state index contributed by atoms with van der Waals surface area (Å²) in [6.07, 6.45) is 2.19. The second-order valence-corrected chi connectivity index (χ2v) is 3.71. The number of hydrogen-bond acceptors (Lipinski definition) is 3. The van der Waals surface area contributed by atoms with Gasteiger partial charge in [-0.1, -0.05) is 12.5 Å². The Labute approximate surface area is 88.1 Å². The highest BCUT2D eigenvalue weighted by molar-refractivity contribution is 5.94. The molecule has 1 aliphatic rings. The van der Waals surface area contributed by atoms with Crippen LogP contribution in [0.3, 0.4) is 0 Å². The van der Waals surface area contributed by atoms with Gasteiger partial charge in [-0.25, -0.2) is 4.79 Å². The van der Waals surface area contributed by atoms with Gasteiger partial charge in [0.25, 0.3) is 0 Å². The van der Waals surface area contributed by atoms with Gasteiger partial charge < -0.3 is 15.2 Å². The van der Waals surface area contributed by atoms with Gasteiger partial charge in [-0.15, -0.1) is 0 Å². The summed E-state index contributed by atoms with van der Waals surface area (Å²) in [5.41, 5.74) is -0.310. The van der Waals surface area contributed by atoms with E-state index in [-0.39, 0.29) is 19.1 Å². The molecule has 0 radical (unpaired) electrons. The normalized spacial score (nSPS) is 19.2. The molecule has 1 amide bonds. The molecule has 1 rings (SSSR count). The molecule has 1 aliphatic heterocycles. The Bertz CT molecular complexity index is 305. The fourth-order valence-electron chi connectivity index (χ4n) is 1.15. The Morgan fingerprint density at radius 3 is 2.47 bits per heavy atom. The lowest BCUT2D eigenvalue weighted by atomic mass is 9.97. The zero-order chi connectivity index (χ0) is 11.5. The summed E-state index contributed by atoms with van der Waals surface area (Å²) in [6.45, 7) is 3.82. The molecule has 1 heterocycles. The van der Waals surface area contributed by atoms with Crippen LogP contribution in [-0.2, 0) is 14.3 Å². The lowest BCUT2D eigenvalue weighted by Gasteiger charge is -2.37. The van der Waals surface area contributed by atoms with Gasteiger partial charge in [0.2, 0.25) is 5.91 Å². The molecule has 0 aromatic rings. The van der Waals surface area contributed by atoms with Crippen LogP contribution in [0.1, 0.15) is 20.3 Å². The van der Waals surface area contributed by atoms with Crippen molar-refractivity contribution in [3.63, 3.8) is 0 Å². The zero-order valence-electron chi connectivity index (χ0n) is 8.87. The van der Waals surface area contributed by atoms with Crippen LogP contribution in [0.15, 0.2) is 11.6 Å². The average Bonchev–Trinajstić information content (AvgIpc) is 2.10. The van der Waals surface area contributed by atoms with Crippen molar-refractivity contribution in [3.05, 3.63) is 11.6 Å². The maximum absolute atomic E-state index is 11.4. The van der Waals surface area contributed by atoms with Gasteiger partial charge in [0.15, 0.2) is 5.54 Å². The van der Waals surface area contributed by atoms with Crippen LogP contribution in [0, 0.1) is 0 Å². The van der Waals surface area contributed by atoms with E-state index in [2.05, 4.69) is 5.32 Å². The van der Waals surface area contributed by atoms with Crippen LogP contribution < -0.4 is 5.32 Å². The largest absolute Gasteiger partial charge is 0.479 e. The van der Waals surface area contributed by atoms with Gasteiger partial charge in [-0.05, 0) is 13.3 Å². The molecule has 5 nitrogen and oxygen atoms in total. The van der Waals surface area contributed by atoms with Crippen molar-refractivity contribution in [1.29, 1.82) is 0 Å². The van der Waals surface area contributed by atoms with Crippen LogP contribution in [0.25, 0.3) is 0 Å². The number of ether oxygens (including phenoxy) is 1. The third kappa shape index (κ3) is 2.56. The molecule has 0 aromatic carbocycles. The second kappa shape index (κ2) is 4.44. The minimum atomic E-state index is -1.22. The summed E-state index contributed by atoms with van der Waals surface area (Å²) in [7, 11) is 0. The maximum atomic E-state index is 11.4. The lowest BCUT2D eigenvalue weighted by Crippen LogP contribution is -2.66. The summed E-state index contributed by atoms with van der Waals surface area (Å²) < 4.78 is 4.82. The van der Waals surface area contributed by atoms with Crippen molar-refractivity contribution in [2.45, 2.75) is 25.8 Å². The molecular weight excluding hydrogens is 198 g/mol. The summed E-state index contributed by atoms with van der Waals surface area (Å²) >= 11 is 0. The molecule has 0 atom stereocenters. The van der Waals surface area contributed by atoms with E-state index in [1.165, 1.54) is 6.08 Å². The molecule has 0 unspecified atom stereocenters. The Morgan fingerprint density at radius 1 is 1.53 bits per heavy atom. The van der Waals surface area contributed by atoms with Gasteiger partial charge in [0.1, 0.15) is 0 Å². The third-order valence-corrected chi connectivity index (χ3v) is 2.40. The molecule has 0 aromatic heterocycles. The maximum Gasteiger partial charge on any atom is 0.334 e. The third-order valence-electron chi connectivity index (χ3n) is 2.40. The topological polar surface area (TPSA) is 75.6 Å². The Kier molecular flexibility index (Phi) is 3.47. The highest BCUT2D eigenvalue weighted by Gasteiger charge is 2.47. The van der Waals surface area contributed by atoms with Crippen LogP contribution in [-0.4, -0.2) is 35.7 Å². The predicted molar refractivity (Wildman–Crippen MR) is 53.4 cm³/mol. The van der Waals surface area contributed by atoms with Crippen LogP contribution in [0.2, 0.25) is 0 Å². The van der Waals surface area contributed by atoms with Crippen molar-refractivity contribution in [2.24, 2.45) is 0 Å². The van der Waals surface area contributed by atoms with E-state index in [0.717, 1.165) is 12.0 Å². The molecule has 5 heteroatoms. The van der Waals surface area contributed by atoms with Crippen LogP contribution in [0.4, 0.5) is 0 Å². The molecule has 15 heavy (non-hydrogen) atoms. The first kappa shape index (κ1) is 11.7. The number of carbonyl (C=O) groups is 2. The first-order valence-corrected chi connectivity index (χ1v) is 4.80. The van der Waals surface area contributed by atoms with Crippen LogP contribution in [0.5, 0.6) is 0 Å². The molecule has 0 spiro atoms. The summed E-state index contributed by atoms with van der Waals surface area (Å²) in [4.78, 5) is 22.3. The SMILES string of the molecule is CC/C(C)=C/C(=O)NC1(C(=O)O)COC1. The van der Waals surface area contributed by atoms with E-state index in [1.54, 1.807) is 0 Å². The van der Waals surface area contributed by atoms with E-state index in [0.29, 0.717) is 0 Å². The van der Waals surface area contributed by atoms with Gasteiger partial charge in [-0.3, -0.25) is 4.79 Å². The number of carboxylic acid groups (broad SMARTS) is 1. The molecule has 2 N–H and O–H groups in total. The van der Waals surface area contributed by atoms with Gasteiger partial charge in [0, 0.05) is 6.08 Å². The molecule has 0 saturated carbocycles. The Morgan fingerprint density at radius 2 is 2.13 bits per heavy atom. The van der Waals surface area contributed by atoms with E-state index in [4.69, 9.17) is 9.84 Å². The van der Waals surface area contributed by atoms with Crippen LogP contribution >= 0.6 is 0 Å². The van der Waals surface area contributed by atoms with E-state index < -0.39 is 11.5 Å². The quantitative estimate of drug-likeness (QED) is 0.659. The van der Waals surface area contributed by atoms with Gasteiger partial charge in [0.05, 0.1) is 13.2 Å². The monoisotopic (exact) mass is 213 g/mol. The number of aliphatic carboxylic acids is 1. The molecule has 0 bridgehead atoms. The number of carbonyl (C=O) groups excluding carboxylic acids is 1. The second-order valence-electron chi connectivity index (χ2n) is 3.71. The van der Waals surface area contributed by atoms with Crippen molar-refractivity contribution < 1.29 is 19.4 Å². The highest BCUT2D eigenvalue weighted by atomic mass is 16.5. The van der Waals surface area contributed by atoms with E-state index in [9.17, 15) is 9.59 Å². The standard InChI is InChI=1S/C10H15NO4/c1-3-7(2)4-8(12)11-10(9(13)14)5-15-6-10/h4H,3,5-6H2,1-2H3,(H,11,12)(H,13,14)/b7-4+. The molecule has 1 saturated heterocycles.